The van der Waals surface area contributed by atoms with Gasteiger partial charge in [-0.1, -0.05) is 167 Å². The Labute approximate surface area is 234 Å². The molecule has 0 saturated heterocycles. The first-order chi connectivity index (χ1) is 18.1. The highest BCUT2D eigenvalue weighted by atomic mass is 15.3. The van der Waals surface area contributed by atoms with E-state index >= 15 is 0 Å². The smallest absolute Gasteiger partial charge is 0.132 e. The number of benzene rings is 1. The summed E-state index contributed by atoms with van der Waals surface area (Å²) in [5.74, 6) is 0. The van der Waals surface area contributed by atoms with E-state index in [0.717, 1.165) is 11.0 Å². The first-order valence-electron chi connectivity index (χ1n) is 16.6. The predicted molar refractivity (Wildman–Crippen MR) is 171 cm³/mol. The topological polar surface area (TPSA) is 0 Å². The molecule has 0 fully saturated rings. The van der Waals surface area contributed by atoms with E-state index in [1.807, 2.05) is 6.08 Å². The number of hydrogen-bond acceptors (Lipinski definition) is 0. The van der Waals surface area contributed by atoms with Gasteiger partial charge >= 0.3 is 0 Å². The zero-order valence-electron chi connectivity index (χ0n) is 25.7. The van der Waals surface area contributed by atoms with Crippen molar-refractivity contribution < 1.29 is 0 Å². The third kappa shape index (κ3) is 19.6. The molecule has 0 radical (unpaired) electrons. The van der Waals surface area contributed by atoms with E-state index in [2.05, 4.69) is 51.9 Å². The van der Waals surface area contributed by atoms with Crippen LogP contribution in [0.25, 0.3) is 0 Å². The van der Waals surface area contributed by atoms with Crippen LogP contribution in [-0.2, 0) is 6.42 Å². The summed E-state index contributed by atoms with van der Waals surface area (Å²) in [5.41, 5.74) is 2.86. The van der Waals surface area contributed by atoms with Crippen LogP contribution in [0.5, 0.6) is 0 Å². The van der Waals surface area contributed by atoms with Gasteiger partial charge in [0.15, 0.2) is 0 Å². The van der Waals surface area contributed by atoms with Crippen molar-refractivity contribution in [1.29, 1.82) is 0 Å². The SMILES string of the molecule is C=CC[N+](C)(C)c1ccc(CCCCCCCCCCCCCCCCCCCCCCCCC)cc1. The van der Waals surface area contributed by atoms with Crippen LogP contribution in [0.1, 0.15) is 160 Å². The van der Waals surface area contributed by atoms with Gasteiger partial charge in [-0.3, -0.25) is 4.48 Å². The van der Waals surface area contributed by atoms with E-state index in [4.69, 9.17) is 0 Å². The fourth-order valence-electron chi connectivity index (χ4n) is 5.61. The molecule has 1 rings (SSSR count). The third-order valence-electron chi connectivity index (χ3n) is 8.29. The van der Waals surface area contributed by atoms with Crippen molar-refractivity contribution >= 4 is 5.69 Å². The minimum absolute atomic E-state index is 0.878. The Kier molecular flexibility index (Phi) is 22.0. The molecule has 0 N–H and O–H groups in total. The monoisotopic (exact) mass is 513 g/mol. The van der Waals surface area contributed by atoms with Crippen molar-refractivity contribution in [1.82, 2.24) is 4.48 Å². The molecule has 0 atom stereocenters. The molecule has 0 aliphatic heterocycles. The molecule has 0 heterocycles. The molecular weight excluding hydrogens is 446 g/mol. The molecule has 0 bridgehead atoms. The Balaban J connectivity index is 1.79. The van der Waals surface area contributed by atoms with Crippen molar-refractivity contribution in [3.8, 4) is 0 Å². The first kappa shape index (κ1) is 33.9. The van der Waals surface area contributed by atoms with Gasteiger partial charge in [0.1, 0.15) is 12.2 Å². The second kappa shape index (κ2) is 24.0. The summed E-state index contributed by atoms with van der Waals surface area (Å²) in [5, 5.41) is 0. The highest BCUT2D eigenvalue weighted by Gasteiger charge is 2.16. The van der Waals surface area contributed by atoms with Crippen LogP contribution < -0.4 is 4.48 Å². The molecule has 0 aliphatic carbocycles. The van der Waals surface area contributed by atoms with Crippen molar-refractivity contribution in [3.05, 3.63) is 42.5 Å². The number of aryl methyl sites for hydroxylation is 1. The van der Waals surface area contributed by atoms with Crippen LogP contribution in [0.3, 0.4) is 0 Å². The summed E-state index contributed by atoms with van der Waals surface area (Å²) >= 11 is 0. The molecule has 1 aromatic carbocycles. The van der Waals surface area contributed by atoms with E-state index in [1.54, 1.807) is 0 Å². The summed E-state index contributed by atoms with van der Waals surface area (Å²) < 4.78 is 0.878. The summed E-state index contributed by atoms with van der Waals surface area (Å²) in [7, 11) is 4.49. The summed E-state index contributed by atoms with van der Waals surface area (Å²) in [6.07, 6.45) is 36.7. The average molecular weight is 513 g/mol. The van der Waals surface area contributed by atoms with E-state index < -0.39 is 0 Å². The predicted octanol–water partition coefficient (Wildman–Crippen LogP) is 12.0. The lowest BCUT2D eigenvalue weighted by molar-refractivity contribution is 0.442. The maximum Gasteiger partial charge on any atom is 0.132 e. The van der Waals surface area contributed by atoms with Gasteiger partial charge in [-0.05, 0) is 36.6 Å². The zero-order valence-corrected chi connectivity index (χ0v) is 25.7. The second-order valence-electron chi connectivity index (χ2n) is 12.4. The zero-order chi connectivity index (χ0) is 26.9. The molecule has 1 aromatic rings. The van der Waals surface area contributed by atoms with Crippen molar-refractivity contribution in [3.63, 3.8) is 0 Å². The number of rotatable bonds is 27. The van der Waals surface area contributed by atoms with Crippen LogP contribution in [0.15, 0.2) is 36.9 Å². The number of likely N-dealkylation sites (N-methyl/N-ethyl adjacent to an activating group) is 1. The van der Waals surface area contributed by atoms with Crippen molar-refractivity contribution in [2.75, 3.05) is 20.6 Å². The molecule has 1 heteroatoms. The van der Waals surface area contributed by atoms with Crippen LogP contribution in [-0.4, -0.2) is 20.6 Å². The number of nitrogens with zero attached hydrogens (tertiary/aromatic N) is 1. The molecule has 0 aromatic heterocycles. The summed E-state index contributed by atoms with van der Waals surface area (Å²) in [6.45, 7) is 7.17. The quantitative estimate of drug-likeness (QED) is 0.0624. The van der Waals surface area contributed by atoms with Gasteiger partial charge in [0.05, 0.1) is 14.1 Å². The fraction of sp³-hybridized carbons (Fsp3) is 0.778. The average Bonchev–Trinajstić information content (AvgIpc) is 2.89. The Morgan fingerprint density at radius 3 is 1.16 bits per heavy atom. The minimum Gasteiger partial charge on any atom is -0.293 e. The van der Waals surface area contributed by atoms with Crippen LogP contribution in [0.2, 0.25) is 0 Å². The lowest BCUT2D eigenvalue weighted by atomic mass is 10.0. The highest BCUT2D eigenvalue weighted by Crippen LogP contribution is 2.21. The van der Waals surface area contributed by atoms with E-state index in [9.17, 15) is 0 Å². The maximum atomic E-state index is 3.89. The Hall–Kier alpha value is -1.08. The molecule has 214 valence electrons. The number of hydrogen-bond donors (Lipinski definition) is 0. The largest absolute Gasteiger partial charge is 0.293 e. The fourth-order valence-corrected chi connectivity index (χ4v) is 5.61. The molecular formula is C36H66N+. The van der Waals surface area contributed by atoms with Gasteiger partial charge in [0.25, 0.3) is 0 Å². The van der Waals surface area contributed by atoms with Crippen molar-refractivity contribution in [2.24, 2.45) is 0 Å². The van der Waals surface area contributed by atoms with Crippen LogP contribution in [0, 0.1) is 0 Å². The molecule has 0 saturated carbocycles. The van der Waals surface area contributed by atoms with Gasteiger partial charge in [0, 0.05) is 0 Å². The Morgan fingerprint density at radius 2 is 0.838 bits per heavy atom. The second-order valence-corrected chi connectivity index (χ2v) is 12.4. The molecule has 0 unspecified atom stereocenters. The van der Waals surface area contributed by atoms with Crippen LogP contribution >= 0.6 is 0 Å². The Bertz CT molecular complexity index is 614. The maximum absolute atomic E-state index is 3.89. The molecule has 37 heavy (non-hydrogen) atoms. The molecule has 0 aliphatic rings. The van der Waals surface area contributed by atoms with E-state index in [1.165, 1.54) is 165 Å². The van der Waals surface area contributed by atoms with Gasteiger partial charge < -0.3 is 0 Å². The molecule has 0 spiro atoms. The summed E-state index contributed by atoms with van der Waals surface area (Å²) in [4.78, 5) is 0. The van der Waals surface area contributed by atoms with Crippen molar-refractivity contribution in [2.45, 2.75) is 161 Å². The molecule has 0 amide bonds. The first-order valence-corrected chi connectivity index (χ1v) is 16.6. The lowest BCUT2D eigenvalue weighted by Crippen LogP contribution is -2.40. The lowest BCUT2D eigenvalue weighted by Gasteiger charge is -2.27. The van der Waals surface area contributed by atoms with Gasteiger partial charge in [-0.25, -0.2) is 0 Å². The highest BCUT2D eigenvalue weighted by molar-refractivity contribution is 5.43. The van der Waals surface area contributed by atoms with Crippen LogP contribution in [0.4, 0.5) is 5.69 Å². The number of unbranched alkanes of at least 4 members (excludes halogenated alkanes) is 22. The van der Waals surface area contributed by atoms with Gasteiger partial charge in [-0.2, -0.15) is 0 Å². The Morgan fingerprint density at radius 1 is 0.514 bits per heavy atom. The summed E-state index contributed by atoms with van der Waals surface area (Å²) in [6, 6.07) is 9.27. The standard InChI is InChI=1S/C36H66N/c1-5-7-8-9-10-11-12-13-14-15-16-17-18-19-20-21-22-23-24-25-26-27-28-29-35-30-32-36(33-31-35)37(3,4)34-6-2/h6,30-33H,2,5,7-29,34H2,1,3-4H3/q+1. The molecule has 1 nitrogen and oxygen atoms in total. The third-order valence-corrected chi connectivity index (χ3v) is 8.29. The minimum atomic E-state index is 0.878. The number of quaternary nitrogens is 1. The van der Waals surface area contributed by atoms with E-state index in [-0.39, 0.29) is 0 Å². The van der Waals surface area contributed by atoms with E-state index in [0.29, 0.717) is 0 Å². The van der Waals surface area contributed by atoms with Gasteiger partial charge in [0.2, 0.25) is 0 Å². The normalized spacial score (nSPS) is 11.8. The van der Waals surface area contributed by atoms with Gasteiger partial charge in [-0.15, -0.1) is 0 Å².